The summed E-state index contributed by atoms with van der Waals surface area (Å²) in [6.45, 7) is 5.69. The number of anilines is 2. The summed E-state index contributed by atoms with van der Waals surface area (Å²) in [5, 5.41) is 0. The summed E-state index contributed by atoms with van der Waals surface area (Å²) in [7, 11) is 1.73. The number of rotatable bonds is 5. The van der Waals surface area contributed by atoms with E-state index >= 15 is 0 Å². The minimum absolute atomic E-state index is 0.327. The molecule has 2 aromatic rings. The molecule has 0 spiro atoms. The second-order valence-corrected chi connectivity index (χ2v) is 8.64. The number of methoxy groups -OCH3 is 1. The first-order valence-electron chi connectivity index (χ1n) is 8.95. The molecule has 0 bridgehead atoms. The van der Waals surface area contributed by atoms with Crippen LogP contribution in [0.15, 0.2) is 51.8 Å². The maximum Gasteiger partial charge on any atom is 0.134 e. The van der Waals surface area contributed by atoms with Gasteiger partial charge in [-0.3, -0.25) is 0 Å². The van der Waals surface area contributed by atoms with Crippen molar-refractivity contribution in [1.29, 1.82) is 0 Å². The average Bonchev–Trinajstić information content (AvgIpc) is 2.80. The minimum atomic E-state index is 0.327. The normalized spacial score (nSPS) is 20.1. The van der Waals surface area contributed by atoms with Crippen molar-refractivity contribution in [3.05, 3.63) is 46.9 Å². The van der Waals surface area contributed by atoms with Gasteiger partial charge in [-0.2, -0.15) is 0 Å². The standard InChI is InChI=1S/C21H26BrNOS/c1-4-11-21(5-2)14-23(16-9-7-6-8-10-16)18-12-17(22)19(24-3)13-20(18)25-15-21/h6-10,12-13H,4-5,11,14-15H2,1-3H3. The third-order valence-corrected chi connectivity index (χ3v) is 7.16. The second-order valence-electron chi connectivity index (χ2n) is 6.77. The zero-order chi connectivity index (χ0) is 17.9. The molecule has 0 radical (unpaired) electrons. The van der Waals surface area contributed by atoms with E-state index in [1.165, 1.54) is 35.5 Å². The van der Waals surface area contributed by atoms with Gasteiger partial charge in [-0.1, -0.05) is 38.5 Å². The Morgan fingerprint density at radius 1 is 1.20 bits per heavy atom. The van der Waals surface area contributed by atoms with Gasteiger partial charge in [0.05, 0.1) is 17.3 Å². The Morgan fingerprint density at radius 2 is 1.96 bits per heavy atom. The molecule has 3 rings (SSSR count). The van der Waals surface area contributed by atoms with E-state index < -0.39 is 0 Å². The molecule has 0 aromatic heterocycles. The van der Waals surface area contributed by atoms with Crippen LogP contribution < -0.4 is 9.64 Å². The molecule has 134 valence electrons. The summed E-state index contributed by atoms with van der Waals surface area (Å²) in [6.07, 6.45) is 3.68. The van der Waals surface area contributed by atoms with Gasteiger partial charge in [-0.15, -0.1) is 11.8 Å². The molecule has 0 saturated carbocycles. The summed E-state index contributed by atoms with van der Waals surface area (Å²) in [4.78, 5) is 3.80. The summed E-state index contributed by atoms with van der Waals surface area (Å²) >= 11 is 5.65. The van der Waals surface area contributed by atoms with E-state index in [0.29, 0.717) is 5.41 Å². The highest BCUT2D eigenvalue weighted by atomic mass is 79.9. The van der Waals surface area contributed by atoms with Gasteiger partial charge in [0.25, 0.3) is 0 Å². The van der Waals surface area contributed by atoms with Crippen molar-refractivity contribution < 1.29 is 4.74 Å². The van der Waals surface area contributed by atoms with E-state index in [0.717, 1.165) is 22.5 Å². The fourth-order valence-electron chi connectivity index (χ4n) is 3.61. The van der Waals surface area contributed by atoms with Crippen LogP contribution in [0.1, 0.15) is 33.1 Å². The highest BCUT2D eigenvalue weighted by Gasteiger charge is 2.35. The molecule has 0 saturated heterocycles. The van der Waals surface area contributed by atoms with Crippen LogP contribution in [0.25, 0.3) is 0 Å². The molecule has 1 aliphatic heterocycles. The molecule has 2 aromatic carbocycles. The molecule has 1 unspecified atom stereocenters. The monoisotopic (exact) mass is 419 g/mol. The van der Waals surface area contributed by atoms with Crippen molar-refractivity contribution in [2.45, 2.75) is 38.0 Å². The maximum absolute atomic E-state index is 5.54. The number of thioether (sulfide) groups is 1. The van der Waals surface area contributed by atoms with Gasteiger partial charge in [0.15, 0.2) is 0 Å². The second kappa shape index (κ2) is 8.05. The van der Waals surface area contributed by atoms with Crippen LogP contribution in [0, 0.1) is 5.41 Å². The number of hydrogen-bond acceptors (Lipinski definition) is 3. The fraction of sp³-hybridized carbons (Fsp3) is 0.429. The zero-order valence-electron chi connectivity index (χ0n) is 15.2. The van der Waals surface area contributed by atoms with Gasteiger partial charge in [0.1, 0.15) is 5.75 Å². The van der Waals surface area contributed by atoms with E-state index in [2.05, 4.69) is 77.1 Å². The first kappa shape index (κ1) is 18.7. The zero-order valence-corrected chi connectivity index (χ0v) is 17.6. The third-order valence-electron chi connectivity index (χ3n) is 5.15. The van der Waals surface area contributed by atoms with Crippen molar-refractivity contribution in [3.8, 4) is 5.75 Å². The van der Waals surface area contributed by atoms with Crippen molar-refractivity contribution in [3.63, 3.8) is 0 Å². The smallest absolute Gasteiger partial charge is 0.134 e. The molecule has 0 N–H and O–H groups in total. The van der Waals surface area contributed by atoms with Crippen LogP contribution in [-0.2, 0) is 0 Å². The van der Waals surface area contributed by atoms with Gasteiger partial charge in [-0.05, 0) is 58.5 Å². The Bertz CT molecular complexity index is 721. The first-order chi connectivity index (χ1) is 12.1. The number of fused-ring (bicyclic) bond motifs is 1. The summed E-state index contributed by atoms with van der Waals surface area (Å²) in [6, 6.07) is 15.1. The van der Waals surface area contributed by atoms with E-state index in [1.54, 1.807) is 7.11 Å². The molecule has 2 nitrogen and oxygen atoms in total. The summed E-state index contributed by atoms with van der Waals surface area (Å²) < 4.78 is 6.55. The number of hydrogen-bond donors (Lipinski definition) is 0. The first-order valence-corrected chi connectivity index (χ1v) is 10.7. The van der Waals surface area contributed by atoms with Crippen molar-refractivity contribution >= 4 is 39.1 Å². The quantitative estimate of drug-likeness (QED) is 0.522. The van der Waals surface area contributed by atoms with E-state index in [-0.39, 0.29) is 0 Å². The molecule has 1 atom stereocenters. The van der Waals surface area contributed by atoms with Crippen LogP contribution in [0.3, 0.4) is 0 Å². The van der Waals surface area contributed by atoms with Crippen molar-refractivity contribution in [1.82, 2.24) is 0 Å². The van der Waals surface area contributed by atoms with Gasteiger partial charge in [0.2, 0.25) is 0 Å². The predicted octanol–water partition coefficient (Wildman–Crippen LogP) is 6.90. The molecule has 4 heteroatoms. The Kier molecular flexibility index (Phi) is 6.00. The Hall–Kier alpha value is -1.13. The topological polar surface area (TPSA) is 12.5 Å². The lowest BCUT2D eigenvalue weighted by Crippen LogP contribution is -2.35. The highest BCUT2D eigenvalue weighted by Crippen LogP contribution is 2.48. The Balaban J connectivity index is 2.12. The number of para-hydroxylation sites is 1. The highest BCUT2D eigenvalue weighted by molar-refractivity contribution is 9.10. The van der Waals surface area contributed by atoms with E-state index in [9.17, 15) is 0 Å². The van der Waals surface area contributed by atoms with Gasteiger partial charge < -0.3 is 9.64 Å². The lowest BCUT2D eigenvalue weighted by Gasteiger charge is -2.36. The summed E-state index contributed by atoms with van der Waals surface area (Å²) in [5.41, 5.74) is 2.86. The SMILES string of the molecule is CCCC1(CC)CSc2cc(OC)c(Br)cc2N(c2ccccc2)C1. The summed E-state index contributed by atoms with van der Waals surface area (Å²) in [5.74, 6) is 2.05. The lowest BCUT2D eigenvalue weighted by molar-refractivity contribution is 0.301. The van der Waals surface area contributed by atoms with E-state index in [4.69, 9.17) is 4.74 Å². The van der Waals surface area contributed by atoms with E-state index in [1.807, 2.05) is 11.8 Å². The van der Waals surface area contributed by atoms with Crippen LogP contribution in [0.4, 0.5) is 11.4 Å². The van der Waals surface area contributed by atoms with Crippen LogP contribution >= 0.6 is 27.7 Å². The lowest BCUT2D eigenvalue weighted by atomic mass is 9.82. The Morgan fingerprint density at radius 3 is 2.60 bits per heavy atom. The van der Waals surface area contributed by atoms with Crippen LogP contribution in [-0.4, -0.2) is 19.4 Å². The predicted molar refractivity (Wildman–Crippen MR) is 112 cm³/mol. The average molecular weight is 420 g/mol. The molecule has 1 aliphatic rings. The van der Waals surface area contributed by atoms with Crippen LogP contribution in [0.2, 0.25) is 0 Å². The largest absolute Gasteiger partial charge is 0.496 e. The Labute approximate surface area is 164 Å². The fourth-order valence-corrected chi connectivity index (χ4v) is 5.52. The maximum atomic E-state index is 5.54. The number of nitrogens with zero attached hydrogens (tertiary/aromatic N) is 1. The number of ether oxygens (including phenoxy) is 1. The molecular formula is C21H26BrNOS. The van der Waals surface area contributed by atoms with Gasteiger partial charge in [0, 0.05) is 22.9 Å². The molecule has 0 aliphatic carbocycles. The van der Waals surface area contributed by atoms with Gasteiger partial charge in [-0.25, -0.2) is 0 Å². The third kappa shape index (κ3) is 3.85. The van der Waals surface area contributed by atoms with Crippen molar-refractivity contribution in [2.24, 2.45) is 5.41 Å². The molecule has 25 heavy (non-hydrogen) atoms. The number of halogens is 1. The van der Waals surface area contributed by atoms with Gasteiger partial charge >= 0.3 is 0 Å². The molecular weight excluding hydrogens is 394 g/mol. The number of benzene rings is 2. The molecule has 0 fully saturated rings. The molecule has 0 amide bonds. The minimum Gasteiger partial charge on any atom is -0.496 e. The van der Waals surface area contributed by atoms with Crippen LogP contribution in [0.5, 0.6) is 5.75 Å². The molecule has 1 heterocycles. The van der Waals surface area contributed by atoms with Crippen molar-refractivity contribution in [2.75, 3.05) is 24.3 Å².